The lowest BCUT2D eigenvalue weighted by atomic mass is 10.0. The van der Waals surface area contributed by atoms with Crippen LogP contribution in [0, 0.1) is 5.82 Å². The van der Waals surface area contributed by atoms with E-state index in [-0.39, 0.29) is 11.3 Å². The number of hydrogen-bond donors (Lipinski definition) is 0. The molecule has 1 rings (SSSR count). The van der Waals surface area contributed by atoms with Gasteiger partial charge in [0.15, 0.2) is 0 Å². The molecule has 0 spiro atoms. The van der Waals surface area contributed by atoms with Crippen molar-refractivity contribution >= 4 is 5.97 Å². The van der Waals surface area contributed by atoms with Gasteiger partial charge in [0, 0.05) is 26.5 Å². The van der Waals surface area contributed by atoms with Crippen LogP contribution in [0.2, 0.25) is 0 Å². The van der Waals surface area contributed by atoms with E-state index >= 15 is 0 Å². The summed E-state index contributed by atoms with van der Waals surface area (Å²) in [6, 6.07) is 2.80. The minimum atomic E-state index is -4.28. The molecule has 1 aromatic rings. The van der Waals surface area contributed by atoms with Gasteiger partial charge in [-0.3, -0.25) is 4.79 Å². The number of alkyl halides is 4. The maximum absolute atomic E-state index is 13.4. The van der Waals surface area contributed by atoms with Gasteiger partial charge in [0.25, 0.3) is 0 Å². The Labute approximate surface area is 117 Å². The standard InChI is InChI=1S/C13H13F5O3/c1-7(19)21-10-4-8(3-9(14)5-10)11(20-2)6-13(17,18)12(15)16/h3-5,11-12H,6H2,1-2H3. The van der Waals surface area contributed by atoms with Gasteiger partial charge in [-0.25, -0.2) is 22.0 Å². The summed E-state index contributed by atoms with van der Waals surface area (Å²) in [6.07, 6.45) is -6.67. The molecule has 0 N–H and O–H groups in total. The van der Waals surface area contributed by atoms with E-state index in [2.05, 4.69) is 4.74 Å². The van der Waals surface area contributed by atoms with Gasteiger partial charge in [-0.1, -0.05) is 0 Å². The van der Waals surface area contributed by atoms with Crippen molar-refractivity contribution in [2.24, 2.45) is 0 Å². The third kappa shape index (κ3) is 4.96. The number of benzene rings is 1. The van der Waals surface area contributed by atoms with Crippen LogP contribution in [0.3, 0.4) is 0 Å². The van der Waals surface area contributed by atoms with E-state index in [4.69, 9.17) is 4.74 Å². The molecule has 1 aromatic carbocycles. The zero-order chi connectivity index (χ0) is 16.2. The van der Waals surface area contributed by atoms with Crippen molar-refractivity contribution in [3.05, 3.63) is 29.6 Å². The monoisotopic (exact) mass is 312 g/mol. The van der Waals surface area contributed by atoms with Crippen molar-refractivity contribution in [1.82, 2.24) is 0 Å². The molecule has 3 nitrogen and oxygen atoms in total. The van der Waals surface area contributed by atoms with Crippen molar-refractivity contribution in [1.29, 1.82) is 0 Å². The average molecular weight is 312 g/mol. The first kappa shape index (κ1) is 17.4. The van der Waals surface area contributed by atoms with Gasteiger partial charge in [-0.2, -0.15) is 0 Å². The molecule has 0 bridgehead atoms. The van der Waals surface area contributed by atoms with E-state index in [1.807, 2.05) is 0 Å². The molecule has 21 heavy (non-hydrogen) atoms. The number of esters is 1. The number of hydrogen-bond acceptors (Lipinski definition) is 3. The van der Waals surface area contributed by atoms with E-state index in [9.17, 15) is 26.7 Å². The first-order valence-corrected chi connectivity index (χ1v) is 5.83. The Kier molecular flexibility index (Phi) is 5.65. The molecule has 0 radical (unpaired) electrons. The third-order valence-electron chi connectivity index (χ3n) is 2.59. The molecule has 0 saturated heterocycles. The predicted octanol–water partition coefficient (Wildman–Crippen LogP) is 3.73. The first-order chi connectivity index (χ1) is 9.65. The number of carbonyl (C=O) groups excluding carboxylic acids is 1. The predicted molar refractivity (Wildman–Crippen MR) is 63.0 cm³/mol. The fraction of sp³-hybridized carbons (Fsp3) is 0.462. The quantitative estimate of drug-likeness (QED) is 0.456. The maximum atomic E-state index is 13.4. The SMILES string of the molecule is COC(CC(F)(F)C(F)F)c1cc(F)cc(OC(C)=O)c1. The molecule has 0 aliphatic rings. The smallest absolute Gasteiger partial charge is 0.310 e. The van der Waals surface area contributed by atoms with Gasteiger partial charge in [-0.05, 0) is 17.7 Å². The molecule has 1 atom stereocenters. The lowest BCUT2D eigenvalue weighted by molar-refractivity contribution is -0.152. The topological polar surface area (TPSA) is 35.5 Å². The Hall–Kier alpha value is -1.70. The fourth-order valence-electron chi connectivity index (χ4n) is 1.67. The minimum absolute atomic E-state index is 0.130. The molecule has 0 fully saturated rings. The van der Waals surface area contributed by atoms with E-state index < -0.39 is 36.7 Å². The second kappa shape index (κ2) is 6.84. The molecule has 0 heterocycles. The Morgan fingerprint density at radius 1 is 1.29 bits per heavy atom. The summed E-state index contributed by atoms with van der Waals surface area (Å²) in [5.74, 6) is -6.11. The first-order valence-electron chi connectivity index (χ1n) is 5.83. The Morgan fingerprint density at radius 2 is 1.90 bits per heavy atom. The fourth-order valence-corrected chi connectivity index (χ4v) is 1.67. The van der Waals surface area contributed by atoms with Gasteiger partial charge in [-0.15, -0.1) is 0 Å². The van der Waals surface area contributed by atoms with Crippen LogP contribution in [0.4, 0.5) is 22.0 Å². The van der Waals surface area contributed by atoms with Gasteiger partial charge in [0.2, 0.25) is 0 Å². The second-order valence-electron chi connectivity index (χ2n) is 4.30. The Bertz CT molecular complexity index is 505. The highest BCUT2D eigenvalue weighted by Gasteiger charge is 2.43. The molecule has 118 valence electrons. The minimum Gasteiger partial charge on any atom is -0.427 e. The summed E-state index contributed by atoms with van der Waals surface area (Å²) >= 11 is 0. The average Bonchev–Trinajstić information content (AvgIpc) is 2.34. The molecule has 8 heteroatoms. The number of ether oxygens (including phenoxy) is 2. The van der Waals surface area contributed by atoms with Crippen LogP contribution in [-0.4, -0.2) is 25.4 Å². The highest BCUT2D eigenvalue weighted by molar-refractivity contribution is 5.69. The highest BCUT2D eigenvalue weighted by Crippen LogP contribution is 2.36. The lowest BCUT2D eigenvalue weighted by Crippen LogP contribution is -2.29. The van der Waals surface area contributed by atoms with Crippen molar-refractivity contribution in [3.63, 3.8) is 0 Å². The summed E-state index contributed by atoms with van der Waals surface area (Å²) in [7, 11) is 1.03. The summed E-state index contributed by atoms with van der Waals surface area (Å²) in [5.41, 5.74) is -0.130. The van der Waals surface area contributed by atoms with E-state index in [1.54, 1.807) is 0 Å². The van der Waals surface area contributed by atoms with Crippen molar-refractivity contribution in [3.8, 4) is 5.75 Å². The summed E-state index contributed by atoms with van der Waals surface area (Å²) in [4.78, 5) is 10.8. The zero-order valence-corrected chi connectivity index (χ0v) is 11.2. The molecule has 1 unspecified atom stereocenters. The molecule has 0 amide bonds. The number of methoxy groups -OCH3 is 1. The largest absolute Gasteiger partial charge is 0.427 e. The Balaban J connectivity index is 3.05. The second-order valence-corrected chi connectivity index (χ2v) is 4.30. The van der Waals surface area contributed by atoms with Crippen molar-refractivity contribution in [2.75, 3.05) is 7.11 Å². The number of rotatable bonds is 6. The van der Waals surface area contributed by atoms with E-state index in [1.165, 1.54) is 0 Å². The third-order valence-corrected chi connectivity index (χ3v) is 2.59. The molecule has 0 aliphatic carbocycles. The van der Waals surface area contributed by atoms with Crippen LogP contribution in [0.1, 0.15) is 25.0 Å². The Morgan fingerprint density at radius 3 is 2.38 bits per heavy atom. The molecular weight excluding hydrogens is 299 g/mol. The van der Waals surface area contributed by atoms with E-state index in [0.29, 0.717) is 0 Å². The maximum Gasteiger partial charge on any atom is 0.310 e. The summed E-state index contributed by atoms with van der Waals surface area (Å²) in [5, 5.41) is 0. The molecule has 0 aromatic heterocycles. The van der Waals surface area contributed by atoms with Gasteiger partial charge < -0.3 is 9.47 Å². The highest BCUT2D eigenvalue weighted by atomic mass is 19.3. The summed E-state index contributed by atoms with van der Waals surface area (Å²) < 4.78 is 73.3. The van der Waals surface area contributed by atoms with Crippen molar-refractivity contribution in [2.45, 2.75) is 31.8 Å². The molecule has 0 aliphatic heterocycles. The van der Waals surface area contributed by atoms with Crippen LogP contribution >= 0.6 is 0 Å². The van der Waals surface area contributed by atoms with Crippen LogP contribution < -0.4 is 4.74 Å². The van der Waals surface area contributed by atoms with Crippen LogP contribution in [0.15, 0.2) is 18.2 Å². The number of halogens is 5. The van der Waals surface area contributed by atoms with Crippen molar-refractivity contribution < 1.29 is 36.2 Å². The van der Waals surface area contributed by atoms with Crippen LogP contribution in [-0.2, 0) is 9.53 Å². The molecule has 0 saturated carbocycles. The molecular formula is C13H13F5O3. The van der Waals surface area contributed by atoms with Gasteiger partial charge >= 0.3 is 18.3 Å². The lowest BCUT2D eigenvalue weighted by Gasteiger charge is -2.22. The zero-order valence-electron chi connectivity index (χ0n) is 11.2. The van der Waals surface area contributed by atoms with Gasteiger partial charge in [0.1, 0.15) is 11.6 Å². The normalized spacial score (nSPS) is 13.3. The summed E-state index contributed by atoms with van der Waals surface area (Å²) in [6.45, 7) is 1.07. The van der Waals surface area contributed by atoms with E-state index in [0.717, 1.165) is 32.2 Å². The van der Waals surface area contributed by atoms with Gasteiger partial charge in [0.05, 0.1) is 6.10 Å². The van der Waals surface area contributed by atoms with Crippen LogP contribution in [0.5, 0.6) is 5.75 Å². The van der Waals surface area contributed by atoms with Crippen LogP contribution in [0.25, 0.3) is 0 Å². The number of carbonyl (C=O) groups is 1.